The van der Waals surface area contributed by atoms with Crippen LogP contribution in [0, 0.1) is 0 Å². The number of halogens is 6. The number of phenolic OH excluding ortho intramolecular Hbond substituents is 1. The first-order chi connectivity index (χ1) is 43.8. The minimum Gasteiger partial charge on any atom is -0.507 e. The Hall–Kier alpha value is -10.7. The van der Waals surface area contributed by atoms with Crippen molar-refractivity contribution in [2.45, 2.75) is 12.4 Å². The van der Waals surface area contributed by atoms with Crippen LogP contribution >= 0.6 is 0 Å². The number of hydrogen-bond acceptors (Lipinski definition) is 15. The summed E-state index contributed by atoms with van der Waals surface area (Å²) in [6.45, 7) is 1.64. The average Bonchev–Trinajstić information content (AvgIpc) is 0.933. The highest BCUT2D eigenvalue weighted by molar-refractivity contribution is 5.99. The lowest BCUT2D eigenvalue weighted by atomic mass is 10.1. The van der Waals surface area contributed by atoms with Crippen LogP contribution in [0.15, 0.2) is 146 Å². The molecule has 0 aliphatic carbocycles. The lowest BCUT2D eigenvalue weighted by molar-refractivity contribution is -0.143. The van der Waals surface area contributed by atoms with Gasteiger partial charge in [-0.2, -0.15) is 26.3 Å². The van der Waals surface area contributed by atoms with Gasteiger partial charge in [0.05, 0.1) is 51.6 Å². The van der Waals surface area contributed by atoms with Crippen LogP contribution in [-0.2, 0) is 31.5 Å². The zero-order chi connectivity index (χ0) is 68.0. The third-order valence-corrected chi connectivity index (χ3v) is 13.0. The molecule has 8 rings (SSSR count). The standard InChI is InChI=1S/C22H22F3N3O4.C12H13F3N2O.C11H13NO4.C10H11NO4.C8H9NO2/c1-26-20(30)16-7-3-5-9-18(16)32-14-19(29)27-10-12-28(13-11-27)21(31)15-6-2-4-8-17(15)22(23,24)25;13-12(14,15)10-4-2-1-3-9(10)11(18)17-7-5-16-6-8-17;1-12-11(14)8-5-3-4-6-9(8)16-7-10(13)15-2;1-11-10(14)7-4-2-3-5-8(7)15-6-9(12)13;1-9-8(11)6-4-2-3-5-7(6)10/h2-9H,10-14H2,1H3,(H,26,30);1-4,16H,5-8H2;3-6H,7H2,1-2H3,(H,12,14);2-5H,6H2,1H3,(H,11,14)(H,12,13);2-5,10H,1H3,(H,9,11). The van der Waals surface area contributed by atoms with E-state index in [1.54, 1.807) is 91.0 Å². The number of amides is 7. The molecule has 0 radical (unpaired) electrons. The number of ether oxygens (including phenoxy) is 4. The molecule has 0 bridgehead atoms. The third-order valence-electron chi connectivity index (χ3n) is 13.0. The molecule has 0 unspecified atom stereocenters. The summed E-state index contributed by atoms with van der Waals surface area (Å²) in [4.78, 5) is 108. The van der Waals surface area contributed by atoms with Crippen LogP contribution in [0.1, 0.15) is 73.3 Å². The molecule has 0 saturated carbocycles. The first-order valence-corrected chi connectivity index (χ1v) is 27.8. The molecule has 0 spiro atoms. The Balaban J connectivity index is 0.000000259. The smallest absolute Gasteiger partial charge is 0.417 e. The second-order valence-electron chi connectivity index (χ2n) is 19.0. The van der Waals surface area contributed by atoms with E-state index in [9.17, 15) is 69.5 Å². The number of carboxylic acids is 1. The number of esters is 1. The second kappa shape index (κ2) is 36.7. The number of piperazine rings is 2. The Morgan fingerprint density at radius 3 is 1.12 bits per heavy atom. The van der Waals surface area contributed by atoms with Crippen molar-refractivity contribution >= 4 is 53.3 Å². The minimum atomic E-state index is -4.63. The van der Waals surface area contributed by atoms with Crippen molar-refractivity contribution in [3.8, 4) is 23.0 Å². The summed E-state index contributed by atoms with van der Waals surface area (Å²) in [5.74, 6) is -3.51. The highest BCUT2D eigenvalue weighted by Gasteiger charge is 2.38. The molecule has 2 heterocycles. The Labute approximate surface area is 524 Å². The quantitative estimate of drug-likeness (QED) is 0.0455. The molecule has 492 valence electrons. The van der Waals surface area contributed by atoms with Gasteiger partial charge in [-0.05, 0) is 72.8 Å². The van der Waals surface area contributed by atoms with Gasteiger partial charge < -0.3 is 70.4 Å². The van der Waals surface area contributed by atoms with E-state index in [1.807, 2.05) is 0 Å². The highest BCUT2D eigenvalue weighted by atomic mass is 19.4. The van der Waals surface area contributed by atoms with Gasteiger partial charge in [0.15, 0.2) is 19.8 Å². The maximum atomic E-state index is 13.2. The van der Waals surface area contributed by atoms with Crippen molar-refractivity contribution in [2.75, 3.05) is 107 Å². The SMILES string of the molecule is CNC(=O)c1ccccc1O.CNC(=O)c1ccccc1OCC(=O)N1CCN(C(=O)c2ccccc2C(F)(F)F)CC1.CNC(=O)c1ccccc1OCC(=O)O.CNC(=O)c1ccccc1OCC(=O)OC.O=C(c1ccccc1C(F)(F)F)N1CCNCC1. The van der Waals surface area contributed by atoms with Crippen LogP contribution < -0.4 is 40.8 Å². The first-order valence-electron chi connectivity index (χ1n) is 27.8. The van der Waals surface area contributed by atoms with Gasteiger partial charge in [-0.3, -0.25) is 33.6 Å². The van der Waals surface area contributed by atoms with E-state index in [-0.39, 0.29) is 91.7 Å². The molecule has 6 aromatic rings. The Morgan fingerprint density at radius 2 is 0.750 bits per heavy atom. The van der Waals surface area contributed by atoms with Gasteiger partial charge in [0.25, 0.3) is 41.4 Å². The van der Waals surface area contributed by atoms with Crippen molar-refractivity contribution < 1.29 is 98.7 Å². The number of phenols is 1. The number of carbonyl (C=O) groups excluding carboxylic acids is 8. The zero-order valence-corrected chi connectivity index (χ0v) is 50.4. The van der Waals surface area contributed by atoms with Gasteiger partial charge in [0, 0.05) is 80.5 Å². The largest absolute Gasteiger partial charge is 0.507 e. The maximum absolute atomic E-state index is 13.2. The fourth-order valence-corrected chi connectivity index (χ4v) is 8.31. The lowest BCUT2D eigenvalue weighted by Crippen LogP contribution is -2.51. The summed E-state index contributed by atoms with van der Waals surface area (Å²) in [5, 5.41) is 30.5. The van der Waals surface area contributed by atoms with Crippen LogP contribution in [0.2, 0.25) is 0 Å². The Bertz CT molecular complexity index is 3490. The molecule has 6 aromatic carbocycles. The fraction of sp³-hybridized carbons (Fsp3) is 0.286. The Morgan fingerprint density at radius 1 is 0.435 bits per heavy atom. The van der Waals surface area contributed by atoms with E-state index in [1.165, 1.54) is 86.4 Å². The van der Waals surface area contributed by atoms with Crippen LogP contribution in [0.3, 0.4) is 0 Å². The summed E-state index contributed by atoms with van der Waals surface area (Å²) < 4.78 is 98.1. The van der Waals surface area contributed by atoms with Crippen LogP contribution in [0.5, 0.6) is 23.0 Å². The van der Waals surface area contributed by atoms with Crippen molar-refractivity contribution in [2.24, 2.45) is 0 Å². The molecule has 2 aliphatic heterocycles. The molecule has 92 heavy (non-hydrogen) atoms. The van der Waals surface area contributed by atoms with Gasteiger partial charge in [-0.1, -0.05) is 72.8 Å². The van der Waals surface area contributed by atoms with Crippen molar-refractivity contribution in [1.29, 1.82) is 0 Å². The zero-order valence-electron chi connectivity index (χ0n) is 50.4. The maximum Gasteiger partial charge on any atom is 0.417 e. The summed E-state index contributed by atoms with van der Waals surface area (Å²) in [7, 11) is 7.30. The topological polar surface area (TPSA) is 301 Å². The van der Waals surface area contributed by atoms with Gasteiger partial charge in [0.1, 0.15) is 23.0 Å². The summed E-state index contributed by atoms with van der Waals surface area (Å²) in [5.41, 5.74) is -1.23. The van der Waals surface area contributed by atoms with Gasteiger partial charge in [-0.25, -0.2) is 9.59 Å². The highest BCUT2D eigenvalue weighted by Crippen LogP contribution is 2.34. The average molecular weight is 1290 g/mol. The molecule has 2 saturated heterocycles. The fourth-order valence-electron chi connectivity index (χ4n) is 8.31. The number of rotatable bonds is 15. The summed E-state index contributed by atoms with van der Waals surface area (Å²) in [6.07, 6.45) is -9.13. The number of hydrogen-bond donors (Lipinski definition) is 7. The van der Waals surface area contributed by atoms with Crippen molar-refractivity contribution in [3.63, 3.8) is 0 Å². The number of nitrogens with zero attached hydrogens (tertiary/aromatic N) is 3. The first kappa shape index (κ1) is 73.8. The van der Waals surface area contributed by atoms with E-state index in [4.69, 9.17) is 24.4 Å². The van der Waals surface area contributed by atoms with E-state index in [0.717, 1.165) is 18.2 Å². The van der Waals surface area contributed by atoms with Crippen LogP contribution in [0.4, 0.5) is 26.3 Å². The number of carbonyl (C=O) groups is 9. The predicted molar refractivity (Wildman–Crippen MR) is 321 cm³/mol. The number of carboxylic acid groups (broad SMARTS) is 1. The van der Waals surface area contributed by atoms with Gasteiger partial charge in [-0.15, -0.1) is 0 Å². The normalized spacial score (nSPS) is 12.4. The lowest BCUT2D eigenvalue weighted by Gasteiger charge is -2.35. The number of aliphatic carboxylic acids is 1. The van der Waals surface area contributed by atoms with E-state index < -0.39 is 59.4 Å². The number of para-hydroxylation sites is 4. The van der Waals surface area contributed by atoms with E-state index >= 15 is 0 Å². The van der Waals surface area contributed by atoms with Crippen LogP contribution in [-0.4, -0.2) is 186 Å². The van der Waals surface area contributed by atoms with Gasteiger partial charge in [0.2, 0.25) is 0 Å². The molecule has 0 aromatic heterocycles. The van der Waals surface area contributed by atoms with Crippen molar-refractivity contribution in [1.82, 2.24) is 41.3 Å². The predicted octanol–water partition coefficient (Wildman–Crippen LogP) is 6.04. The molecule has 7 amide bonds. The van der Waals surface area contributed by atoms with Gasteiger partial charge >= 0.3 is 24.3 Å². The molecule has 7 N–H and O–H groups in total. The molecular formula is C63H68F6N8O15. The third kappa shape index (κ3) is 22.7. The molecule has 2 fully saturated rings. The van der Waals surface area contributed by atoms with Crippen molar-refractivity contribution in [3.05, 3.63) is 190 Å². The molecule has 29 heteroatoms. The minimum absolute atomic E-state index is 0.00634. The molecule has 0 atom stereocenters. The number of benzene rings is 6. The monoisotopic (exact) mass is 1290 g/mol. The summed E-state index contributed by atoms with van der Waals surface area (Å²) in [6, 6.07) is 35.6. The second-order valence-corrected chi connectivity index (χ2v) is 19.0. The summed E-state index contributed by atoms with van der Waals surface area (Å²) >= 11 is 0. The number of nitrogens with one attached hydrogen (secondary N) is 5. The number of aromatic hydroxyl groups is 1. The Kier molecular flexibility index (Phi) is 29.4. The molecular weight excluding hydrogens is 1220 g/mol. The van der Waals surface area contributed by atoms with E-state index in [0.29, 0.717) is 54.2 Å². The number of methoxy groups -OCH3 is 1. The number of alkyl halides is 6. The molecule has 23 nitrogen and oxygen atoms in total. The molecule has 2 aliphatic rings. The van der Waals surface area contributed by atoms with Crippen LogP contribution in [0.25, 0.3) is 0 Å². The van der Waals surface area contributed by atoms with E-state index in [2.05, 4.69) is 31.3 Å².